The van der Waals surface area contributed by atoms with Gasteiger partial charge < -0.3 is 4.74 Å². The second-order valence-corrected chi connectivity index (χ2v) is 8.51. The van der Waals surface area contributed by atoms with Crippen molar-refractivity contribution in [2.45, 2.75) is 59.3 Å². The Morgan fingerprint density at radius 3 is 2.03 bits per heavy atom. The number of hydrogen-bond donors (Lipinski definition) is 0. The Hall–Kier alpha value is -3.52. The number of benzene rings is 2. The van der Waals surface area contributed by atoms with Crippen molar-refractivity contribution < 1.29 is 9.53 Å². The SMILES string of the molecule is CCCCCCc1cnc(-c2ccc(-c3ccc(OC(=O)C(C)(C#N)CC)cc3)cc2)nc1. The molecule has 1 heterocycles. The Kier molecular flexibility index (Phi) is 8.32. The van der Waals surface area contributed by atoms with Gasteiger partial charge in [-0.1, -0.05) is 69.5 Å². The van der Waals surface area contributed by atoms with Gasteiger partial charge in [0.1, 0.15) is 5.75 Å². The van der Waals surface area contributed by atoms with Crippen molar-refractivity contribution in [2.24, 2.45) is 5.41 Å². The molecule has 1 unspecified atom stereocenters. The molecule has 5 heteroatoms. The van der Waals surface area contributed by atoms with Crippen LogP contribution in [0.1, 0.15) is 58.4 Å². The zero-order chi connectivity index (χ0) is 23.7. The van der Waals surface area contributed by atoms with E-state index in [4.69, 9.17) is 4.74 Å². The maximum absolute atomic E-state index is 12.3. The molecule has 0 saturated heterocycles. The van der Waals surface area contributed by atoms with Crippen molar-refractivity contribution in [1.29, 1.82) is 5.26 Å². The average molecular weight is 442 g/mol. The Labute approximate surface area is 196 Å². The number of carbonyl (C=O) groups excluding carboxylic acids is 1. The van der Waals surface area contributed by atoms with Crippen LogP contribution >= 0.6 is 0 Å². The first-order chi connectivity index (χ1) is 16.0. The van der Waals surface area contributed by atoms with E-state index < -0.39 is 11.4 Å². The number of nitrogens with zero attached hydrogens (tertiary/aromatic N) is 3. The van der Waals surface area contributed by atoms with Gasteiger partial charge >= 0.3 is 5.97 Å². The first-order valence-corrected chi connectivity index (χ1v) is 11.6. The summed E-state index contributed by atoms with van der Waals surface area (Å²) in [7, 11) is 0. The number of nitriles is 1. The molecule has 170 valence electrons. The van der Waals surface area contributed by atoms with E-state index in [1.54, 1.807) is 26.0 Å². The minimum atomic E-state index is -1.14. The summed E-state index contributed by atoms with van der Waals surface area (Å²) < 4.78 is 5.40. The van der Waals surface area contributed by atoms with Gasteiger partial charge in [-0.15, -0.1) is 0 Å². The first-order valence-electron chi connectivity index (χ1n) is 11.6. The van der Waals surface area contributed by atoms with Gasteiger partial charge in [-0.05, 0) is 55.0 Å². The normalized spacial score (nSPS) is 12.5. The van der Waals surface area contributed by atoms with Crippen molar-refractivity contribution in [3.8, 4) is 34.3 Å². The number of ether oxygens (including phenoxy) is 1. The maximum atomic E-state index is 12.3. The number of aromatic nitrogens is 2. The third-order valence-corrected chi connectivity index (χ3v) is 5.97. The first kappa shape index (κ1) is 24.1. The smallest absolute Gasteiger partial charge is 0.331 e. The van der Waals surface area contributed by atoms with Gasteiger partial charge in [0.05, 0.1) is 6.07 Å². The Morgan fingerprint density at radius 1 is 0.909 bits per heavy atom. The fourth-order valence-corrected chi connectivity index (χ4v) is 3.40. The summed E-state index contributed by atoms with van der Waals surface area (Å²) in [6.07, 6.45) is 10.2. The monoisotopic (exact) mass is 441 g/mol. The molecule has 3 rings (SSSR count). The van der Waals surface area contributed by atoms with Gasteiger partial charge in [-0.2, -0.15) is 5.26 Å². The molecule has 0 spiro atoms. The molecular weight excluding hydrogens is 410 g/mol. The van der Waals surface area contributed by atoms with Gasteiger partial charge in [0, 0.05) is 18.0 Å². The summed E-state index contributed by atoms with van der Waals surface area (Å²) in [6.45, 7) is 5.61. The average Bonchev–Trinajstić information content (AvgIpc) is 2.87. The van der Waals surface area contributed by atoms with E-state index in [1.807, 2.05) is 54.9 Å². The predicted octanol–water partition coefficient (Wildman–Crippen LogP) is 6.78. The van der Waals surface area contributed by atoms with E-state index in [0.29, 0.717) is 12.2 Å². The van der Waals surface area contributed by atoms with Crippen molar-refractivity contribution in [2.75, 3.05) is 0 Å². The van der Waals surface area contributed by atoms with E-state index in [1.165, 1.54) is 31.2 Å². The lowest BCUT2D eigenvalue weighted by Crippen LogP contribution is -2.29. The number of hydrogen-bond acceptors (Lipinski definition) is 5. The number of aryl methyl sites for hydroxylation is 1. The third-order valence-electron chi connectivity index (χ3n) is 5.97. The van der Waals surface area contributed by atoms with Gasteiger partial charge in [0.25, 0.3) is 0 Å². The molecule has 0 aliphatic heterocycles. The molecule has 1 atom stereocenters. The van der Waals surface area contributed by atoms with Gasteiger partial charge in [0.2, 0.25) is 0 Å². The number of unbranched alkanes of at least 4 members (excludes halogenated alkanes) is 3. The highest BCUT2D eigenvalue weighted by atomic mass is 16.5. The molecular formula is C28H31N3O2. The minimum absolute atomic E-state index is 0.401. The standard InChI is InChI=1S/C28H31N3O2/c1-4-6-7-8-9-21-18-30-26(31-19-21)24-12-10-22(11-13-24)23-14-16-25(17-15-23)33-27(32)28(3,5-2)20-29/h10-19H,4-9H2,1-3H3. The number of esters is 1. The zero-order valence-corrected chi connectivity index (χ0v) is 19.7. The van der Waals surface area contributed by atoms with Crippen LogP contribution in [0, 0.1) is 16.7 Å². The molecule has 1 aromatic heterocycles. The van der Waals surface area contributed by atoms with Crippen LogP contribution in [-0.2, 0) is 11.2 Å². The van der Waals surface area contributed by atoms with Crippen LogP contribution in [0.15, 0.2) is 60.9 Å². The molecule has 3 aromatic rings. The lowest BCUT2D eigenvalue weighted by molar-refractivity contribution is -0.141. The topological polar surface area (TPSA) is 75.9 Å². The molecule has 0 fully saturated rings. The molecule has 0 N–H and O–H groups in total. The van der Waals surface area contributed by atoms with Gasteiger partial charge in [-0.25, -0.2) is 14.8 Å². The Balaban J connectivity index is 1.63. The highest BCUT2D eigenvalue weighted by Gasteiger charge is 2.33. The third kappa shape index (κ3) is 6.26. The highest BCUT2D eigenvalue weighted by Crippen LogP contribution is 2.27. The van der Waals surface area contributed by atoms with Crippen LogP contribution in [-0.4, -0.2) is 15.9 Å². The van der Waals surface area contributed by atoms with E-state index in [2.05, 4.69) is 16.9 Å². The van der Waals surface area contributed by atoms with Crippen LogP contribution in [0.4, 0.5) is 0 Å². The quantitative estimate of drug-likeness (QED) is 0.197. The van der Waals surface area contributed by atoms with Crippen molar-refractivity contribution in [3.05, 3.63) is 66.5 Å². The molecule has 0 amide bonds. The molecule has 2 aromatic carbocycles. The van der Waals surface area contributed by atoms with E-state index in [0.717, 1.165) is 28.9 Å². The molecule has 0 aliphatic carbocycles. The molecule has 0 bridgehead atoms. The number of carbonyl (C=O) groups is 1. The lowest BCUT2D eigenvalue weighted by atomic mass is 9.90. The van der Waals surface area contributed by atoms with Crippen molar-refractivity contribution in [3.63, 3.8) is 0 Å². The minimum Gasteiger partial charge on any atom is -0.425 e. The summed E-state index contributed by atoms with van der Waals surface area (Å²) in [5.74, 6) is 0.618. The van der Waals surface area contributed by atoms with Crippen LogP contribution in [0.2, 0.25) is 0 Å². The predicted molar refractivity (Wildman–Crippen MR) is 130 cm³/mol. The van der Waals surface area contributed by atoms with Crippen LogP contribution in [0.25, 0.3) is 22.5 Å². The van der Waals surface area contributed by atoms with Gasteiger partial charge in [0.15, 0.2) is 11.2 Å². The highest BCUT2D eigenvalue weighted by molar-refractivity contribution is 5.81. The maximum Gasteiger partial charge on any atom is 0.331 e. The second-order valence-electron chi connectivity index (χ2n) is 8.51. The fourth-order valence-electron chi connectivity index (χ4n) is 3.40. The Bertz CT molecular complexity index is 1080. The summed E-state index contributed by atoms with van der Waals surface area (Å²) in [5.41, 5.74) is 3.06. The molecule has 5 nitrogen and oxygen atoms in total. The fraction of sp³-hybridized carbons (Fsp3) is 0.357. The van der Waals surface area contributed by atoms with Crippen LogP contribution in [0.5, 0.6) is 5.75 Å². The summed E-state index contributed by atoms with van der Waals surface area (Å²) in [5, 5.41) is 9.24. The lowest BCUT2D eigenvalue weighted by Gasteiger charge is -2.17. The van der Waals surface area contributed by atoms with Crippen LogP contribution < -0.4 is 4.74 Å². The number of rotatable bonds is 10. The summed E-state index contributed by atoms with van der Waals surface area (Å²) >= 11 is 0. The van der Waals surface area contributed by atoms with Gasteiger partial charge in [-0.3, -0.25) is 0 Å². The zero-order valence-electron chi connectivity index (χ0n) is 19.7. The second kappa shape index (κ2) is 11.4. The largest absolute Gasteiger partial charge is 0.425 e. The Morgan fingerprint density at radius 2 is 1.48 bits per heavy atom. The summed E-state index contributed by atoms with van der Waals surface area (Å²) in [6, 6.07) is 17.4. The van der Waals surface area contributed by atoms with Crippen molar-refractivity contribution >= 4 is 5.97 Å². The molecule has 0 radical (unpaired) electrons. The molecule has 33 heavy (non-hydrogen) atoms. The van der Waals surface area contributed by atoms with Crippen molar-refractivity contribution in [1.82, 2.24) is 9.97 Å². The van der Waals surface area contributed by atoms with E-state index in [9.17, 15) is 10.1 Å². The van der Waals surface area contributed by atoms with E-state index >= 15 is 0 Å². The molecule has 0 saturated carbocycles. The summed E-state index contributed by atoms with van der Waals surface area (Å²) in [4.78, 5) is 21.3. The molecule has 0 aliphatic rings. The van der Waals surface area contributed by atoms with Crippen LogP contribution in [0.3, 0.4) is 0 Å². The van der Waals surface area contributed by atoms with E-state index in [-0.39, 0.29) is 0 Å².